The summed E-state index contributed by atoms with van der Waals surface area (Å²) in [6.45, 7) is 6.62. The maximum absolute atomic E-state index is 14.6. The summed E-state index contributed by atoms with van der Waals surface area (Å²) < 4.78 is 24.2. The van der Waals surface area contributed by atoms with Crippen molar-refractivity contribution in [3.8, 4) is 5.75 Å². The predicted octanol–water partition coefficient (Wildman–Crippen LogP) is 5.75. The van der Waals surface area contributed by atoms with Gasteiger partial charge in [-0.3, -0.25) is 14.9 Å². The third kappa shape index (κ3) is 5.88. The van der Waals surface area contributed by atoms with Gasteiger partial charge in [-0.1, -0.05) is 124 Å². The van der Waals surface area contributed by atoms with Gasteiger partial charge in [0, 0.05) is 0 Å². The van der Waals surface area contributed by atoms with E-state index in [0.717, 1.165) is 21.5 Å². The Balaban J connectivity index is 1.84. The molecule has 5 rings (SSSR count). The SMILES string of the molecule is COC(=O)[C@H]1C[C@](C(=O)OC)([C@H](O[Si](c2ccccc2)(c2ccccc2)C(C)(C)C)c2ccccc2)[C@@H](c2ccc(OC)cc2)N1. The molecule has 0 radical (unpaired) electrons. The number of esters is 2. The van der Waals surface area contributed by atoms with Crippen LogP contribution in [-0.4, -0.2) is 47.6 Å². The Kier molecular flexibility index (Phi) is 9.81. The van der Waals surface area contributed by atoms with E-state index < -0.39 is 43.9 Å². The second-order valence-corrected chi connectivity index (χ2v) is 17.0. The number of ether oxygens (including phenoxy) is 3. The van der Waals surface area contributed by atoms with Gasteiger partial charge in [-0.25, -0.2) is 0 Å². The van der Waals surface area contributed by atoms with Gasteiger partial charge in [0.2, 0.25) is 0 Å². The van der Waals surface area contributed by atoms with Gasteiger partial charge in [0.15, 0.2) is 0 Å². The van der Waals surface area contributed by atoms with Gasteiger partial charge in [-0.05, 0) is 45.1 Å². The minimum Gasteiger partial charge on any atom is -0.497 e. The summed E-state index contributed by atoms with van der Waals surface area (Å²) in [5.74, 6) is -0.251. The van der Waals surface area contributed by atoms with Crippen LogP contribution in [0.4, 0.5) is 0 Å². The first-order chi connectivity index (χ1) is 22.1. The average Bonchev–Trinajstić information content (AvgIpc) is 3.50. The number of rotatable bonds is 10. The van der Waals surface area contributed by atoms with Gasteiger partial charge in [-0.2, -0.15) is 0 Å². The van der Waals surface area contributed by atoms with Gasteiger partial charge in [0.25, 0.3) is 8.32 Å². The largest absolute Gasteiger partial charge is 0.497 e. The Labute approximate surface area is 273 Å². The smallest absolute Gasteiger partial charge is 0.322 e. The van der Waals surface area contributed by atoms with E-state index in [1.54, 1.807) is 7.11 Å². The van der Waals surface area contributed by atoms with Gasteiger partial charge in [-0.15, -0.1) is 0 Å². The van der Waals surface area contributed by atoms with Crippen molar-refractivity contribution in [2.45, 2.75) is 50.4 Å². The molecule has 1 saturated heterocycles. The summed E-state index contributed by atoms with van der Waals surface area (Å²) in [4.78, 5) is 27.9. The fraction of sp³-hybridized carbons (Fsp3) is 0.316. The van der Waals surface area contributed by atoms with Gasteiger partial charge in [0.1, 0.15) is 17.2 Å². The summed E-state index contributed by atoms with van der Waals surface area (Å²) in [5.41, 5.74) is 0.229. The van der Waals surface area contributed by atoms with Crippen LogP contribution in [0.2, 0.25) is 5.04 Å². The second-order valence-electron chi connectivity index (χ2n) is 12.8. The maximum atomic E-state index is 14.6. The Hall–Kier alpha value is -4.24. The molecule has 1 aliphatic rings. The van der Waals surface area contributed by atoms with E-state index in [0.29, 0.717) is 5.75 Å². The lowest BCUT2D eigenvalue weighted by atomic mass is 9.70. The Bertz CT molecular complexity index is 1570. The minimum absolute atomic E-state index is 0.0980. The van der Waals surface area contributed by atoms with Gasteiger partial charge >= 0.3 is 11.9 Å². The van der Waals surface area contributed by atoms with Crippen LogP contribution < -0.4 is 20.4 Å². The molecule has 1 heterocycles. The highest BCUT2D eigenvalue weighted by Crippen LogP contribution is 2.56. The molecular weight excluding hydrogens is 595 g/mol. The number of nitrogens with one attached hydrogen (secondary N) is 1. The first-order valence-electron chi connectivity index (χ1n) is 15.5. The molecule has 0 unspecified atom stereocenters. The Morgan fingerprint density at radius 1 is 0.761 bits per heavy atom. The molecule has 0 bridgehead atoms. The molecule has 1 N–H and O–H groups in total. The fourth-order valence-electron chi connectivity index (χ4n) is 7.07. The zero-order chi connectivity index (χ0) is 33.0. The van der Waals surface area contributed by atoms with Crippen LogP contribution in [0, 0.1) is 5.41 Å². The van der Waals surface area contributed by atoms with Crippen LogP contribution >= 0.6 is 0 Å². The van der Waals surface area contributed by atoms with E-state index in [4.69, 9.17) is 18.6 Å². The number of benzene rings is 4. The maximum Gasteiger partial charge on any atom is 0.322 e. The Morgan fingerprint density at radius 3 is 1.74 bits per heavy atom. The number of hydrogen-bond acceptors (Lipinski definition) is 7. The lowest BCUT2D eigenvalue weighted by Crippen LogP contribution is -2.68. The van der Waals surface area contributed by atoms with Crippen molar-refractivity contribution >= 4 is 30.6 Å². The van der Waals surface area contributed by atoms with E-state index in [2.05, 4.69) is 50.4 Å². The molecule has 240 valence electrons. The topological polar surface area (TPSA) is 83.1 Å². The van der Waals surface area contributed by atoms with Crippen LogP contribution in [-0.2, 0) is 23.5 Å². The first-order valence-corrected chi connectivity index (χ1v) is 17.4. The highest BCUT2D eigenvalue weighted by molar-refractivity contribution is 6.99. The number of hydrogen-bond donors (Lipinski definition) is 1. The lowest BCUT2D eigenvalue weighted by Gasteiger charge is -2.49. The van der Waals surface area contributed by atoms with Crippen LogP contribution in [0.3, 0.4) is 0 Å². The zero-order valence-electron chi connectivity index (χ0n) is 27.4. The third-order valence-electron chi connectivity index (χ3n) is 9.21. The molecule has 1 fully saturated rings. The van der Waals surface area contributed by atoms with Crippen molar-refractivity contribution in [3.05, 3.63) is 126 Å². The summed E-state index contributed by atoms with van der Waals surface area (Å²) in [6.07, 6.45) is -0.734. The normalized spacial score (nSPS) is 20.5. The van der Waals surface area contributed by atoms with E-state index >= 15 is 0 Å². The highest BCUT2D eigenvalue weighted by Gasteiger charge is 2.64. The van der Waals surface area contributed by atoms with Crippen LogP contribution in [0.25, 0.3) is 0 Å². The fourth-order valence-corrected chi connectivity index (χ4v) is 11.8. The molecule has 0 saturated carbocycles. The van der Waals surface area contributed by atoms with E-state index in [1.807, 2.05) is 91.0 Å². The van der Waals surface area contributed by atoms with Crippen molar-refractivity contribution in [2.75, 3.05) is 21.3 Å². The summed E-state index contributed by atoms with van der Waals surface area (Å²) >= 11 is 0. The number of carbonyl (C=O) groups excluding carboxylic acids is 2. The molecular formula is C38H43NO6Si. The summed E-state index contributed by atoms with van der Waals surface area (Å²) in [5, 5.41) is 5.24. The average molecular weight is 638 g/mol. The molecule has 8 heteroatoms. The standard InChI is InChI=1S/C38H43NO6Si/c1-37(2,3)46(30-18-12-8-13-19-30,31-20-14-9-15-21-31)45-34(28-16-10-7-11-17-28)38(36(41)44-6)26-32(35(40)43-5)39-33(38)27-22-24-29(42-4)25-23-27/h7-25,32-34,39H,26H2,1-6H3/t32-,33-,34-,38-/m1/s1. The molecule has 7 nitrogen and oxygen atoms in total. The van der Waals surface area contributed by atoms with Crippen molar-refractivity contribution < 1.29 is 28.2 Å². The van der Waals surface area contributed by atoms with E-state index in [1.165, 1.54) is 14.2 Å². The van der Waals surface area contributed by atoms with Crippen LogP contribution in [0.5, 0.6) is 5.75 Å². The third-order valence-corrected chi connectivity index (χ3v) is 14.2. The molecule has 0 amide bonds. The van der Waals surface area contributed by atoms with Crippen molar-refractivity contribution in [3.63, 3.8) is 0 Å². The zero-order valence-corrected chi connectivity index (χ0v) is 28.4. The molecule has 0 aliphatic carbocycles. The number of methoxy groups -OCH3 is 3. The first kappa shape index (κ1) is 33.1. The second kappa shape index (κ2) is 13.6. The van der Waals surface area contributed by atoms with Crippen molar-refractivity contribution in [1.82, 2.24) is 5.32 Å². The minimum atomic E-state index is -3.24. The van der Waals surface area contributed by atoms with Crippen LogP contribution in [0.1, 0.15) is 50.5 Å². The monoisotopic (exact) mass is 637 g/mol. The lowest BCUT2D eigenvalue weighted by molar-refractivity contribution is -0.161. The Morgan fingerprint density at radius 2 is 1.28 bits per heavy atom. The van der Waals surface area contributed by atoms with E-state index in [-0.39, 0.29) is 11.5 Å². The molecule has 0 spiro atoms. The predicted molar refractivity (Wildman–Crippen MR) is 182 cm³/mol. The number of carbonyl (C=O) groups is 2. The van der Waals surface area contributed by atoms with Gasteiger partial charge < -0.3 is 18.6 Å². The van der Waals surface area contributed by atoms with Gasteiger partial charge in [0.05, 0.1) is 33.5 Å². The van der Waals surface area contributed by atoms with Crippen molar-refractivity contribution in [2.24, 2.45) is 5.41 Å². The summed E-state index contributed by atoms with van der Waals surface area (Å²) in [7, 11) is 1.12. The molecule has 4 atom stereocenters. The van der Waals surface area contributed by atoms with E-state index in [9.17, 15) is 9.59 Å². The molecule has 4 aromatic carbocycles. The summed E-state index contributed by atoms with van der Waals surface area (Å²) in [6, 6.07) is 36.6. The quantitative estimate of drug-likeness (QED) is 0.175. The molecule has 46 heavy (non-hydrogen) atoms. The highest BCUT2D eigenvalue weighted by atomic mass is 28.4. The molecule has 1 aliphatic heterocycles. The molecule has 4 aromatic rings. The van der Waals surface area contributed by atoms with Crippen molar-refractivity contribution in [1.29, 1.82) is 0 Å². The van der Waals surface area contributed by atoms with Crippen LogP contribution in [0.15, 0.2) is 115 Å². The molecule has 0 aromatic heterocycles.